The Balaban J connectivity index is 1.25. The van der Waals surface area contributed by atoms with Crippen molar-refractivity contribution in [1.29, 1.82) is 0 Å². The molecule has 0 aromatic heterocycles. The number of rotatable bonds is 14. The van der Waals surface area contributed by atoms with E-state index in [0.29, 0.717) is 25.8 Å². The average molecular weight is 753 g/mol. The Labute approximate surface area is 322 Å². The minimum atomic E-state index is -0.986. The minimum absolute atomic E-state index is 0.0153. The highest BCUT2D eigenvalue weighted by Gasteiger charge is 2.85. The number of carbonyl (C=O) groups excluding carboxylic acids is 6. The van der Waals surface area contributed by atoms with Crippen LogP contribution in [0.15, 0.2) is 0 Å². The van der Waals surface area contributed by atoms with Crippen molar-refractivity contribution in [3.05, 3.63) is 0 Å². The Morgan fingerprint density at radius 1 is 0.796 bits per heavy atom. The molecule has 6 rings (SSSR count). The number of Topliss-reactive ketones (excluding diaryl/α,β-unsaturated/α-hetero) is 1. The predicted octanol–water partition coefficient (Wildman–Crippen LogP) is 4.00. The average Bonchev–Trinajstić information content (AvgIpc) is 3.89. The Hall–Kier alpha value is -3.02. The molecule has 4 N–H and O–H groups in total. The number of amides is 5. The van der Waals surface area contributed by atoms with Crippen LogP contribution >= 0.6 is 0 Å². The molecule has 0 unspecified atom stereocenters. The number of ketones is 1. The molecule has 12 heteroatoms. The van der Waals surface area contributed by atoms with Crippen LogP contribution in [-0.4, -0.2) is 101 Å². The van der Waals surface area contributed by atoms with Gasteiger partial charge in [-0.2, -0.15) is 0 Å². The summed E-state index contributed by atoms with van der Waals surface area (Å²) in [5.74, 6) is -2.60. The zero-order chi connectivity index (χ0) is 39.4. The lowest BCUT2D eigenvalue weighted by molar-refractivity contribution is -0.146. The first kappa shape index (κ1) is 40.6. The van der Waals surface area contributed by atoms with Gasteiger partial charge in [0, 0.05) is 30.6 Å². The summed E-state index contributed by atoms with van der Waals surface area (Å²) in [4.78, 5) is 87.6. The van der Waals surface area contributed by atoms with Crippen LogP contribution in [0.5, 0.6) is 0 Å². The third kappa shape index (κ3) is 7.22. The van der Waals surface area contributed by atoms with E-state index >= 15 is 4.79 Å². The summed E-state index contributed by atoms with van der Waals surface area (Å²) >= 11 is 0. The monoisotopic (exact) mass is 753 g/mol. The molecule has 0 aromatic rings. The zero-order valence-corrected chi connectivity index (χ0v) is 34.3. The molecule has 5 amide bonds. The van der Waals surface area contributed by atoms with Crippen LogP contribution in [0, 0.1) is 27.6 Å². The van der Waals surface area contributed by atoms with Gasteiger partial charge in [0.15, 0.2) is 0 Å². The standard InChI is InChI=1S/C42H68N6O6/c1-9-14-28(32(49)37(53)43-27-17-18-27)44-35(51)30-23-42(40(7,8)41(42)20-13-21-41)24-48(30)38(54)33(39(4,5)6)46-36(52)31(26-15-11-10-12-16-26)45-34(50)29-19-22-47(29)25(2)3/h25-31,33H,9-24H2,1-8H3,(H,43,53)(H,44,51)(H,45,50)(H,46,52)/t28-,29-,30-,31-,33+,42+/m0/s1. The fraction of sp³-hybridized carbons (Fsp3) is 0.857. The molecule has 0 radical (unpaired) electrons. The zero-order valence-electron chi connectivity index (χ0n) is 34.3. The van der Waals surface area contributed by atoms with E-state index in [1.54, 1.807) is 4.90 Å². The molecule has 4 saturated carbocycles. The fourth-order valence-electron chi connectivity index (χ4n) is 11.0. The highest BCUT2D eigenvalue weighted by molar-refractivity contribution is 6.38. The molecule has 302 valence electrons. The number of likely N-dealkylation sites (tertiary alicyclic amines) is 2. The van der Waals surface area contributed by atoms with Crippen LogP contribution in [-0.2, 0) is 28.8 Å². The van der Waals surface area contributed by atoms with E-state index in [0.717, 1.165) is 77.2 Å². The van der Waals surface area contributed by atoms with E-state index in [1.165, 1.54) is 0 Å². The second-order valence-corrected chi connectivity index (χ2v) is 19.6. The van der Waals surface area contributed by atoms with Crippen molar-refractivity contribution < 1.29 is 28.8 Å². The summed E-state index contributed by atoms with van der Waals surface area (Å²) in [6.45, 7) is 17.6. The van der Waals surface area contributed by atoms with E-state index in [9.17, 15) is 24.0 Å². The van der Waals surface area contributed by atoms with Crippen LogP contribution in [0.25, 0.3) is 0 Å². The smallest absolute Gasteiger partial charge is 0.289 e. The Kier molecular flexibility index (Phi) is 11.4. The Morgan fingerprint density at radius 2 is 1.44 bits per heavy atom. The lowest BCUT2D eigenvalue weighted by atomic mass is 9.73. The third-order valence-electron chi connectivity index (χ3n) is 14.9. The van der Waals surface area contributed by atoms with E-state index in [2.05, 4.69) is 53.9 Å². The van der Waals surface area contributed by atoms with E-state index in [1.807, 2.05) is 27.7 Å². The van der Waals surface area contributed by atoms with Gasteiger partial charge in [-0.3, -0.25) is 33.7 Å². The van der Waals surface area contributed by atoms with Crippen LogP contribution < -0.4 is 21.3 Å². The van der Waals surface area contributed by atoms with Gasteiger partial charge in [-0.15, -0.1) is 0 Å². The molecule has 6 aliphatic rings. The molecule has 2 spiro atoms. The maximum absolute atomic E-state index is 15.1. The summed E-state index contributed by atoms with van der Waals surface area (Å²) in [7, 11) is 0. The summed E-state index contributed by atoms with van der Waals surface area (Å²) in [5, 5.41) is 12.0. The topological polar surface area (TPSA) is 157 Å². The summed E-state index contributed by atoms with van der Waals surface area (Å²) in [6.07, 6.45) is 11.8. The molecule has 6 atom stereocenters. The van der Waals surface area contributed by atoms with E-state index in [4.69, 9.17) is 0 Å². The highest BCUT2D eigenvalue weighted by atomic mass is 16.2. The van der Waals surface area contributed by atoms with Crippen LogP contribution in [0.1, 0.15) is 145 Å². The quantitative estimate of drug-likeness (QED) is 0.196. The number of fused-ring (bicyclic) bond motifs is 1. The van der Waals surface area contributed by atoms with Crippen LogP contribution in [0.4, 0.5) is 0 Å². The normalized spacial score (nSPS) is 29.1. The second-order valence-electron chi connectivity index (χ2n) is 19.6. The first-order valence-corrected chi connectivity index (χ1v) is 21.2. The summed E-state index contributed by atoms with van der Waals surface area (Å²) in [6, 6.07) is -3.61. The largest absolute Gasteiger partial charge is 0.347 e. The van der Waals surface area contributed by atoms with Gasteiger partial charge in [-0.25, -0.2) is 0 Å². The maximum atomic E-state index is 15.1. The number of nitrogens with zero attached hydrogens (tertiary/aromatic N) is 2. The second kappa shape index (κ2) is 15.1. The molecule has 12 nitrogen and oxygen atoms in total. The SMILES string of the molecule is CCC[C@H](NC(=O)[C@@H]1C[C@@]2(CN1C(=O)[C@@H](NC(=O)[C@@H](NC(=O)[C@@H]1CCN1C(C)C)C1CCCCC1)C(C)(C)C)C(C)(C)C21CCC1)C(=O)C(=O)NC1CC1. The first-order chi connectivity index (χ1) is 25.4. The number of carbonyl (C=O) groups is 6. The molecule has 0 bridgehead atoms. The van der Waals surface area contributed by atoms with Gasteiger partial charge in [0.2, 0.25) is 29.4 Å². The van der Waals surface area contributed by atoms with Crippen molar-refractivity contribution in [1.82, 2.24) is 31.1 Å². The summed E-state index contributed by atoms with van der Waals surface area (Å²) < 4.78 is 0. The molecule has 0 aromatic carbocycles. The Morgan fingerprint density at radius 3 is 1.94 bits per heavy atom. The van der Waals surface area contributed by atoms with Crippen molar-refractivity contribution >= 4 is 35.3 Å². The Bertz CT molecular complexity index is 1490. The van der Waals surface area contributed by atoms with E-state index in [-0.39, 0.29) is 58.0 Å². The van der Waals surface area contributed by atoms with Gasteiger partial charge in [-0.1, -0.05) is 73.6 Å². The summed E-state index contributed by atoms with van der Waals surface area (Å²) in [5.41, 5.74) is -1.03. The van der Waals surface area contributed by atoms with Crippen LogP contribution in [0.2, 0.25) is 0 Å². The molecule has 2 aliphatic heterocycles. The molecule has 54 heavy (non-hydrogen) atoms. The third-order valence-corrected chi connectivity index (χ3v) is 14.9. The van der Waals surface area contributed by atoms with Gasteiger partial charge >= 0.3 is 0 Å². The van der Waals surface area contributed by atoms with Gasteiger partial charge in [-0.05, 0) is 93.8 Å². The molecule has 6 fully saturated rings. The van der Waals surface area contributed by atoms with Crippen molar-refractivity contribution in [2.24, 2.45) is 27.6 Å². The fourth-order valence-corrected chi connectivity index (χ4v) is 11.0. The molecule has 2 heterocycles. The first-order valence-electron chi connectivity index (χ1n) is 21.2. The van der Waals surface area contributed by atoms with E-state index < -0.39 is 47.2 Å². The van der Waals surface area contributed by atoms with Crippen LogP contribution in [0.3, 0.4) is 0 Å². The van der Waals surface area contributed by atoms with Gasteiger partial charge in [0.25, 0.3) is 5.91 Å². The number of nitrogens with one attached hydrogen (secondary N) is 4. The van der Waals surface area contributed by atoms with Gasteiger partial charge in [0.1, 0.15) is 18.1 Å². The molecule has 2 saturated heterocycles. The van der Waals surface area contributed by atoms with Crippen molar-refractivity contribution in [3.63, 3.8) is 0 Å². The number of hydrogen-bond acceptors (Lipinski definition) is 7. The highest BCUT2D eigenvalue weighted by Crippen LogP contribution is 2.88. The lowest BCUT2D eigenvalue weighted by Crippen LogP contribution is -2.64. The molecule has 4 aliphatic carbocycles. The molecular formula is C42H68N6O6. The molecular weight excluding hydrogens is 684 g/mol. The van der Waals surface area contributed by atoms with Crippen molar-refractivity contribution in [2.45, 2.75) is 188 Å². The predicted molar refractivity (Wildman–Crippen MR) is 206 cm³/mol. The number of hydrogen-bond donors (Lipinski definition) is 4. The van der Waals surface area contributed by atoms with Crippen molar-refractivity contribution in [2.75, 3.05) is 13.1 Å². The van der Waals surface area contributed by atoms with Gasteiger partial charge < -0.3 is 26.2 Å². The minimum Gasteiger partial charge on any atom is -0.347 e. The lowest BCUT2D eigenvalue weighted by Gasteiger charge is -2.44. The maximum Gasteiger partial charge on any atom is 0.289 e. The van der Waals surface area contributed by atoms with Gasteiger partial charge in [0.05, 0.1) is 12.1 Å². The van der Waals surface area contributed by atoms with Crippen molar-refractivity contribution in [3.8, 4) is 0 Å².